The lowest BCUT2D eigenvalue weighted by Crippen LogP contribution is -2.22. The molecule has 1 aromatic heterocycles. The predicted octanol–water partition coefficient (Wildman–Crippen LogP) is 2.96. The Labute approximate surface area is 118 Å². The molecular weight excluding hydrogens is 293 g/mol. The van der Waals surface area contributed by atoms with Gasteiger partial charge in [0.25, 0.3) is 5.91 Å². The van der Waals surface area contributed by atoms with Crippen molar-refractivity contribution in [1.29, 1.82) is 0 Å². The van der Waals surface area contributed by atoms with E-state index in [-0.39, 0.29) is 16.2 Å². The van der Waals surface area contributed by atoms with Crippen LogP contribution in [0.1, 0.15) is 15.2 Å². The molecule has 1 aromatic carbocycles. The highest BCUT2D eigenvalue weighted by atomic mass is 35.5. The summed E-state index contributed by atoms with van der Waals surface area (Å²) in [7, 11) is 0. The minimum absolute atomic E-state index is 0.120. The first-order valence-corrected chi connectivity index (χ1v) is 6.58. The van der Waals surface area contributed by atoms with Crippen LogP contribution >= 0.6 is 34.5 Å². The third-order valence-corrected chi connectivity index (χ3v) is 3.84. The number of amides is 1. The Hall–Kier alpha value is -1.30. The molecule has 18 heavy (non-hydrogen) atoms. The van der Waals surface area contributed by atoms with Gasteiger partial charge < -0.3 is 11.1 Å². The number of nitrogens with two attached hydrogens (primary N) is 1. The molecule has 4 nitrogen and oxygen atoms in total. The molecule has 94 valence electrons. The van der Waals surface area contributed by atoms with Crippen molar-refractivity contribution in [2.24, 2.45) is 0 Å². The third-order valence-electron chi connectivity index (χ3n) is 2.21. The molecule has 3 N–H and O–H groups in total. The molecule has 2 aromatic rings. The first-order valence-electron chi connectivity index (χ1n) is 5.01. The van der Waals surface area contributed by atoms with Crippen LogP contribution in [-0.4, -0.2) is 10.9 Å². The topological polar surface area (TPSA) is 68.0 Å². The number of halogens is 2. The highest BCUT2D eigenvalue weighted by molar-refractivity contribution is 7.17. The molecule has 0 saturated carbocycles. The van der Waals surface area contributed by atoms with Crippen molar-refractivity contribution < 1.29 is 4.79 Å². The quantitative estimate of drug-likeness (QED) is 0.916. The summed E-state index contributed by atoms with van der Waals surface area (Å²) in [5.74, 6) is -0.311. The van der Waals surface area contributed by atoms with Crippen molar-refractivity contribution >= 4 is 45.6 Å². The molecular formula is C11H9Cl2N3OS. The number of hydrogen-bond acceptors (Lipinski definition) is 4. The van der Waals surface area contributed by atoms with Crippen molar-refractivity contribution in [3.63, 3.8) is 0 Å². The molecule has 7 heteroatoms. The summed E-state index contributed by atoms with van der Waals surface area (Å²) in [6.45, 7) is 0.326. The number of nitrogen functional groups attached to an aromatic ring is 1. The van der Waals surface area contributed by atoms with E-state index in [1.165, 1.54) is 0 Å². The zero-order valence-electron chi connectivity index (χ0n) is 9.11. The summed E-state index contributed by atoms with van der Waals surface area (Å²) >= 11 is 12.8. The van der Waals surface area contributed by atoms with Crippen LogP contribution in [0.5, 0.6) is 0 Å². The first-order chi connectivity index (χ1) is 8.58. The van der Waals surface area contributed by atoms with Gasteiger partial charge in [-0.2, -0.15) is 0 Å². The van der Waals surface area contributed by atoms with Crippen LogP contribution in [0.15, 0.2) is 24.3 Å². The van der Waals surface area contributed by atoms with E-state index in [9.17, 15) is 4.79 Å². The Morgan fingerprint density at radius 3 is 2.72 bits per heavy atom. The van der Waals surface area contributed by atoms with E-state index in [1.54, 1.807) is 6.07 Å². The lowest BCUT2D eigenvalue weighted by molar-refractivity contribution is 0.0955. The average Bonchev–Trinajstić information content (AvgIpc) is 2.67. The smallest absolute Gasteiger partial charge is 0.264 e. The highest BCUT2D eigenvalue weighted by Gasteiger charge is 2.15. The Bertz CT molecular complexity index is 585. The van der Waals surface area contributed by atoms with Crippen LogP contribution in [0.25, 0.3) is 0 Å². The van der Waals surface area contributed by atoms with E-state index in [0.29, 0.717) is 16.4 Å². The SMILES string of the molecule is Nc1nc(Cl)c(C(=O)NCc2ccccc2Cl)s1. The van der Waals surface area contributed by atoms with Gasteiger partial charge in [-0.25, -0.2) is 4.98 Å². The largest absolute Gasteiger partial charge is 0.375 e. The summed E-state index contributed by atoms with van der Waals surface area (Å²) in [5, 5.41) is 3.71. The maximum absolute atomic E-state index is 11.8. The minimum Gasteiger partial charge on any atom is -0.375 e. The van der Waals surface area contributed by atoms with E-state index in [0.717, 1.165) is 16.9 Å². The first kappa shape index (κ1) is 13.1. The third kappa shape index (κ3) is 2.93. The van der Waals surface area contributed by atoms with E-state index in [2.05, 4.69) is 10.3 Å². The molecule has 0 saturated heterocycles. The molecule has 0 unspecified atom stereocenters. The van der Waals surface area contributed by atoms with Crippen LogP contribution in [0.4, 0.5) is 5.13 Å². The van der Waals surface area contributed by atoms with E-state index < -0.39 is 0 Å². The Balaban J connectivity index is 2.05. The van der Waals surface area contributed by atoms with Crippen molar-refractivity contribution in [2.75, 3.05) is 5.73 Å². The van der Waals surface area contributed by atoms with Gasteiger partial charge in [-0.3, -0.25) is 4.79 Å². The van der Waals surface area contributed by atoms with Crippen molar-refractivity contribution in [3.8, 4) is 0 Å². The van der Waals surface area contributed by atoms with Crippen LogP contribution in [0.3, 0.4) is 0 Å². The van der Waals surface area contributed by atoms with Crippen molar-refractivity contribution in [1.82, 2.24) is 10.3 Å². The zero-order valence-corrected chi connectivity index (χ0v) is 11.4. The molecule has 1 heterocycles. The molecule has 0 spiro atoms. The molecule has 0 radical (unpaired) electrons. The maximum Gasteiger partial charge on any atom is 0.264 e. The van der Waals surface area contributed by atoms with Gasteiger partial charge in [0.2, 0.25) is 0 Å². The molecule has 0 bridgehead atoms. The second-order valence-corrected chi connectivity index (χ2v) is 5.24. The van der Waals surface area contributed by atoms with Gasteiger partial charge in [0.15, 0.2) is 10.3 Å². The number of nitrogens with one attached hydrogen (secondary N) is 1. The summed E-state index contributed by atoms with van der Waals surface area (Å²) in [6, 6.07) is 7.28. The highest BCUT2D eigenvalue weighted by Crippen LogP contribution is 2.24. The summed E-state index contributed by atoms with van der Waals surface area (Å²) < 4.78 is 0. The fourth-order valence-corrected chi connectivity index (χ4v) is 2.54. The second kappa shape index (κ2) is 5.56. The predicted molar refractivity (Wildman–Crippen MR) is 74.2 cm³/mol. The molecule has 0 aliphatic heterocycles. The lowest BCUT2D eigenvalue weighted by Gasteiger charge is -2.05. The number of carbonyl (C=O) groups is 1. The van der Waals surface area contributed by atoms with E-state index >= 15 is 0 Å². The number of hydrogen-bond donors (Lipinski definition) is 2. The number of anilines is 1. The molecule has 0 atom stereocenters. The summed E-state index contributed by atoms with van der Waals surface area (Å²) in [6.07, 6.45) is 0. The van der Waals surface area contributed by atoms with Gasteiger partial charge in [-0.15, -0.1) is 0 Å². The molecule has 0 aliphatic carbocycles. The molecule has 1 amide bonds. The normalized spacial score (nSPS) is 10.3. The number of carbonyl (C=O) groups excluding carboxylic acids is 1. The Morgan fingerprint density at radius 1 is 1.39 bits per heavy atom. The van der Waals surface area contributed by atoms with Gasteiger partial charge in [0.1, 0.15) is 4.88 Å². The van der Waals surface area contributed by atoms with Gasteiger partial charge in [0.05, 0.1) is 0 Å². The Kier molecular flexibility index (Phi) is 4.06. The minimum atomic E-state index is -0.311. The lowest BCUT2D eigenvalue weighted by atomic mass is 10.2. The summed E-state index contributed by atoms with van der Waals surface area (Å²) in [5.41, 5.74) is 6.30. The molecule has 0 aliphatic rings. The van der Waals surface area contributed by atoms with Crippen LogP contribution < -0.4 is 11.1 Å². The fraction of sp³-hybridized carbons (Fsp3) is 0.0909. The van der Waals surface area contributed by atoms with E-state index in [4.69, 9.17) is 28.9 Å². The maximum atomic E-state index is 11.8. The zero-order chi connectivity index (χ0) is 13.1. The number of benzene rings is 1. The average molecular weight is 302 g/mol. The summed E-state index contributed by atoms with van der Waals surface area (Å²) in [4.78, 5) is 15.9. The fourth-order valence-electron chi connectivity index (χ4n) is 1.35. The number of thiazole rings is 1. The van der Waals surface area contributed by atoms with Crippen LogP contribution in [0, 0.1) is 0 Å². The van der Waals surface area contributed by atoms with Crippen LogP contribution in [-0.2, 0) is 6.54 Å². The van der Waals surface area contributed by atoms with Gasteiger partial charge in [0, 0.05) is 11.6 Å². The van der Waals surface area contributed by atoms with Crippen molar-refractivity contribution in [2.45, 2.75) is 6.54 Å². The van der Waals surface area contributed by atoms with E-state index in [1.807, 2.05) is 18.2 Å². The molecule has 0 fully saturated rings. The number of rotatable bonds is 3. The number of nitrogens with zero attached hydrogens (tertiary/aromatic N) is 1. The van der Waals surface area contributed by atoms with Crippen LogP contribution in [0.2, 0.25) is 10.2 Å². The molecule has 2 rings (SSSR count). The van der Waals surface area contributed by atoms with Crippen molar-refractivity contribution in [3.05, 3.63) is 44.9 Å². The second-order valence-electron chi connectivity index (χ2n) is 3.45. The monoisotopic (exact) mass is 301 g/mol. The van der Waals surface area contributed by atoms with Gasteiger partial charge in [-0.1, -0.05) is 52.7 Å². The number of aromatic nitrogens is 1. The van der Waals surface area contributed by atoms with Gasteiger partial charge in [-0.05, 0) is 11.6 Å². The standard InChI is InChI=1S/C11H9Cl2N3OS/c12-7-4-2-1-3-6(7)5-15-10(17)8-9(13)16-11(14)18-8/h1-4H,5H2,(H2,14,16)(H,15,17). The van der Waals surface area contributed by atoms with Gasteiger partial charge >= 0.3 is 0 Å². The Morgan fingerprint density at radius 2 is 2.11 bits per heavy atom.